The molecule has 3 atom stereocenters. The van der Waals surface area contributed by atoms with Gasteiger partial charge in [-0.25, -0.2) is 33.3 Å². The standard InChI is InChI=1S/C54H78N3O16P/c1-7-10-13-16-28-68-52(61)55-46(34-40-22-19-25-43(31-40)49(58)65-4)37-71-74(64,72-38-47(56-53(62)69-29-17-14-11-8-2)35-41-23-20-26-44(32-41)50(59)66-5)73-39-48(57-54(63)70-30-18-15-12-9-3)36-42-24-21-27-45(33-42)51(60)67-6/h19-27,31-33,46-48H,7-18,28-30,34-39H2,1-6H3,(H,55,61)(H,56,62)(H,57,63). The Kier molecular flexibility index (Phi) is 30.3. The van der Waals surface area contributed by atoms with Crippen LogP contribution in [0.5, 0.6) is 0 Å². The molecule has 20 heteroatoms. The third-order valence-corrected chi connectivity index (χ3v) is 12.8. The number of methoxy groups -OCH3 is 3. The van der Waals surface area contributed by atoms with Crippen LogP contribution in [0.2, 0.25) is 0 Å². The van der Waals surface area contributed by atoms with Crippen molar-refractivity contribution in [2.24, 2.45) is 0 Å². The van der Waals surface area contributed by atoms with Gasteiger partial charge in [-0.1, -0.05) is 115 Å². The van der Waals surface area contributed by atoms with Crippen molar-refractivity contribution >= 4 is 44.0 Å². The monoisotopic (exact) mass is 1060 g/mol. The zero-order valence-corrected chi connectivity index (χ0v) is 44.9. The van der Waals surface area contributed by atoms with Crippen molar-refractivity contribution in [2.75, 3.05) is 61.0 Å². The van der Waals surface area contributed by atoms with Crippen molar-refractivity contribution in [3.05, 3.63) is 106 Å². The number of rotatable bonds is 36. The second-order valence-corrected chi connectivity index (χ2v) is 19.3. The van der Waals surface area contributed by atoms with E-state index in [1.165, 1.54) is 21.3 Å². The second-order valence-electron chi connectivity index (χ2n) is 17.6. The first-order valence-corrected chi connectivity index (χ1v) is 27.1. The summed E-state index contributed by atoms with van der Waals surface area (Å²) in [7, 11) is -1.04. The number of carbonyl (C=O) groups excluding carboxylic acids is 6. The zero-order chi connectivity index (χ0) is 54.0. The summed E-state index contributed by atoms with van der Waals surface area (Å²) < 4.78 is 64.8. The predicted octanol–water partition coefficient (Wildman–Crippen LogP) is 10.3. The molecule has 3 unspecified atom stereocenters. The van der Waals surface area contributed by atoms with E-state index in [0.717, 1.165) is 57.8 Å². The van der Waals surface area contributed by atoms with Gasteiger partial charge in [0.15, 0.2) is 0 Å². The molecule has 19 nitrogen and oxygen atoms in total. The van der Waals surface area contributed by atoms with Crippen LogP contribution in [0.3, 0.4) is 0 Å². The van der Waals surface area contributed by atoms with Crippen LogP contribution in [-0.2, 0) is 65.8 Å². The van der Waals surface area contributed by atoms with Crippen LogP contribution in [0, 0.1) is 0 Å². The molecule has 0 saturated heterocycles. The van der Waals surface area contributed by atoms with Crippen molar-refractivity contribution in [1.29, 1.82) is 0 Å². The summed E-state index contributed by atoms with van der Waals surface area (Å²) >= 11 is 0. The molecule has 0 aliphatic rings. The third kappa shape index (κ3) is 25.3. The highest BCUT2D eigenvalue weighted by Crippen LogP contribution is 2.50. The number of alkyl carbamates (subject to hydrolysis) is 3. The Morgan fingerprint density at radius 3 is 0.973 bits per heavy atom. The van der Waals surface area contributed by atoms with Crippen molar-refractivity contribution < 1.29 is 75.3 Å². The normalized spacial score (nSPS) is 13.0. The SMILES string of the molecule is CCCCCCOC(=O)NC(COP(=O)(OCC(Cc1cccc(C(=O)OC)c1)NC(=O)OCCCCCC)OCC(Cc1cccc(C(=O)OC)c1)NC(=O)OCCCCCC)Cc1cccc(C(=O)OC)c1. The van der Waals surface area contributed by atoms with Crippen molar-refractivity contribution in [3.8, 4) is 0 Å². The molecule has 0 aromatic heterocycles. The molecule has 0 heterocycles. The maximum atomic E-state index is 15.2. The fourth-order valence-corrected chi connectivity index (χ4v) is 8.81. The van der Waals surface area contributed by atoms with Gasteiger partial charge < -0.3 is 44.4 Å². The average Bonchev–Trinajstić information content (AvgIpc) is 3.40. The first-order chi connectivity index (χ1) is 35.7. The first-order valence-electron chi connectivity index (χ1n) is 25.6. The Labute approximate surface area is 436 Å². The van der Waals surface area contributed by atoms with Crippen LogP contribution in [0.4, 0.5) is 14.4 Å². The predicted molar refractivity (Wildman–Crippen MR) is 277 cm³/mol. The quantitative estimate of drug-likeness (QED) is 0.0212. The molecule has 3 N–H and O–H groups in total. The maximum absolute atomic E-state index is 15.2. The fraction of sp³-hybridized carbons (Fsp3) is 0.556. The summed E-state index contributed by atoms with van der Waals surface area (Å²) in [6, 6.07) is 16.8. The minimum Gasteiger partial charge on any atom is -0.465 e. The molecule has 0 aliphatic carbocycles. The number of benzene rings is 3. The molecule has 74 heavy (non-hydrogen) atoms. The molecule has 0 saturated carbocycles. The van der Waals surface area contributed by atoms with Crippen LogP contribution >= 0.6 is 7.82 Å². The van der Waals surface area contributed by atoms with Gasteiger partial charge in [-0.05, 0) is 91.6 Å². The average molecular weight is 1060 g/mol. The zero-order valence-electron chi connectivity index (χ0n) is 44.0. The third-order valence-electron chi connectivity index (χ3n) is 11.5. The highest BCUT2D eigenvalue weighted by molar-refractivity contribution is 7.48. The number of amides is 3. The molecule has 3 aromatic carbocycles. The van der Waals surface area contributed by atoms with E-state index in [4.69, 9.17) is 42.0 Å². The van der Waals surface area contributed by atoms with Crippen LogP contribution in [-0.4, -0.2) is 115 Å². The van der Waals surface area contributed by atoms with Crippen molar-refractivity contribution in [2.45, 2.75) is 135 Å². The van der Waals surface area contributed by atoms with Crippen LogP contribution in [0.15, 0.2) is 72.8 Å². The summed E-state index contributed by atoms with van der Waals surface area (Å²) in [4.78, 5) is 77.3. The summed E-state index contributed by atoms with van der Waals surface area (Å²) in [6.07, 6.45) is 8.24. The lowest BCUT2D eigenvalue weighted by Crippen LogP contribution is -2.42. The summed E-state index contributed by atoms with van der Waals surface area (Å²) in [5, 5.41) is 8.35. The molecule has 0 bridgehead atoms. The number of phosphoric ester groups is 1. The lowest BCUT2D eigenvalue weighted by Gasteiger charge is -2.27. The van der Waals surface area contributed by atoms with Crippen LogP contribution in [0.1, 0.15) is 146 Å². The molecule has 0 fully saturated rings. The van der Waals surface area contributed by atoms with Gasteiger partial charge in [0.05, 0.1) is 95.8 Å². The number of phosphoric acid groups is 1. The van der Waals surface area contributed by atoms with Crippen LogP contribution in [0.25, 0.3) is 0 Å². The Morgan fingerprint density at radius 2 is 0.716 bits per heavy atom. The topological polar surface area (TPSA) is 239 Å². The van der Waals surface area contributed by atoms with Gasteiger partial charge in [0.1, 0.15) is 0 Å². The van der Waals surface area contributed by atoms with E-state index in [9.17, 15) is 28.8 Å². The number of hydrogen-bond acceptors (Lipinski definition) is 16. The van der Waals surface area contributed by atoms with Gasteiger partial charge >= 0.3 is 44.0 Å². The van der Waals surface area contributed by atoms with Gasteiger partial charge in [0.2, 0.25) is 0 Å². The molecule has 410 valence electrons. The van der Waals surface area contributed by atoms with Crippen LogP contribution < -0.4 is 16.0 Å². The number of unbranched alkanes of at least 4 members (excludes halogenated alkanes) is 9. The number of ether oxygens (including phenoxy) is 6. The number of nitrogens with one attached hydrogen (secondary N) is 3. The Morgan fingerprint density at radius 1 is 0.432 bits per heavy atom. The van der Waals surface area contributed by atoms with E-state index >= 15 is 4.57 Å². The molecular weight excluding hydrogens is 978 g/mol. The lowest BCUT2D eigenvalue weighted by atomic mass is 10.0. The molecule has 3 amide bonds. The smallest absolute Gasteiger partial charge is 0.465 e. The Balaban J connectivity index is 2.04. The summed E-state index contributed by atoms with van der Waals surface area (Å²) in [6.45, 7) is 5.16. The van der Waals surface area contributed by atoms with Gasteiger partial charge in [0, 0.05) is 0 Å². The van der Waals surface area contributed by atoms with Crippen molar-refractivity contribution in [3.63, 3.8) is 0 Å². The molecule has 3 aromatic rings. The molecule has 0 radical (unpaired) electrons. The second kappa shape index (κ2) is 36.0. The number of hydrogen-bond donors (Lipinski definition) is 3. The van der Waals surface area contributed by atoms with Crippen molar-refractivity contribution in [1.82, 2.24) is 16.0 Å². The minimum absolute atomic E-state index is 0.0470. The minimum atomic E-state index is -4.82. The van der Waals surface area contributed by atoms with Gasteiger partial charge in [-0.2, -0.15) is 0 Å². The van der Waals surface area contributed by atoms with E-state index in [2.05, 4.69) is 36.7 Å². The van der Waals surface area contributed by atoms with E-state index in [0.29, 0.717) is 36.0 Å². The maximum Gasteiger partial charge on any atom is 0.475 e. The van der Waals surface area contributed by atoms with E-state index in [1.807, 2.05) is 0 Å². The summed E-state index contributed by atoms with van der Waals surface area (Å²) in [5.74, 6) is -1.73. The molecule has 0 aliphatic heterocycles. The highest BCUT2D eigenvalue weighted by atomic mass is 31.2. The summed E-state index contributed by atoms with van der Waals surface area (Å²) in [5.41, 5.74) is 2.52. The fourth-order valence-electron chi connectivity index (χ4n) is 7.50. The van der Waals surface area contributed by atoms with Gasteiger partial charge in [-0.15, -0.1) is 0 Å². The lowest BCUT2D eigenvalue weighted by molar-refractivity contribution is 0.0591. The largest absolute Gasteiger partial charge is 0.475 e. The molecule has 3 rings (SSSR count). The Hall–Kier alpha value is -6.01. The van der Waals surface area contributed by atoms with E-state index < -0.39 is 82.0 Å². The van der Waals surface area contributed by atoms with E-state index in [-0.39, 0.29) is 55.8 Å². The molecule has 0 spiro atoms. The number of esters is 3. The molecular formula is C54H78N3O16P. The van der Waals surface area contributed by atoms with Gasteiger partial charge in [0.25, 0.3) is 0 Å². The van der Waals surface area contributed by atoms with Gasteiger partial charge in [-0.3, -0.25) is 13.6 Å². The number of carbonyl (C=O) groups is 6. The highest BCUT2D eigenvalue weighted by Gasteiger charge is 2.33. The Bertz CT molecular complexity index is 1990. The van der Waals surface area contributed by atoms with E-state index in [1.54, 1.807) is 72.8 Å². The first kappa shape index (κ1) is 62.3.